The summed E-state index contributed by atoms with van der Waals surface area (Å²) in [7, 11) is 0. The molecule has 0 radical (unpaired) electrons. The van der Waals surface area contributed by atoms with Gasteiger partial charge in [0.05, 0.1) is 16.8 Å². The van der Waals surface area contributed by atoms with Gasteiger partial charge < -0.3 is 10.6 Å². The topological polar surface area (TPSA) is 67.1 Å². The molecule has 0 saturated heterocycles. The quantitative estimate of drug-likeness (QED) is 0.231. The Morgan fingerprint density at radius 3 is 2.61 bits per heavy atom. The molecule has 1 fully saturated rings. The second-order valence-electron chi connectivity index (χ2n) is 9.72. The number of unbranched alkanes of at least 4 members (excludes halogenated alkanes) is 1. The number of anilines is 2. The molecule has 188 valence electrons. The minimum absolute atomic E-state index is 0.363. The first-order valence-electron chi connectivity index (χ1n) is 13.3. The molecule has 0 bridgehead atoms. The summed E-state index contributed by atoms with van der Waals surface area (Å²) in [6.45, 7) is 4.43. The molecule has 0 spiro atoms. The first-order chi connectivity index (χ1) is 17.7. The molecule has 0 aliphatic heterocycles. The Morgan fingerprint density at radius 1 is 1.06 bits per heavy atom. The van der Waals surface area contributed by atoms with Gasteiger partial charge in [0, 0.05) is 28.9 Å². The molecule has 5 rings (SSSR count). The van der Waals surface area contributed by atoms with Gasteiger partial charge in [-0.05, 0) is 56.0 Å². The van der Waals surface area contributed by atoms with Gasteiger partial charge in [-0.2, -0.15) is 5.10 Å². The number of nitrogens with zero attached hydrogens (tertiary/aromatic N) is 4. The second-order valence-corrected chi connectivity index (χ2v) is 10.2. The van der Waals surface area contributed by atoms with Crippen molar-refractivity contribution >= 4 is 28.9 Å². The average Bonchev–Trinajstić information content (AvgIpc) is 3.55. The Labute approximate surface area is 218 Å². The maximum absolute atomic E-state index is 6.21. The molecule has 2 N–H and O–H groups in total. The van der Waals surface area contributed by atoms with Gasteiger partial charge in [-0.3, -0.25) is 0 Å². The van der Waals surface area contributed by atoms with E-state index in [1.165, 1.54) is 38.5 Å². The zero-order valence-corrected chi connectivity index (χ0v) is 21.9. The van der Waals surface area contributed by atoms with Gasteiger partial charge in [0.1, 0.15) is 11.5 Å². The summed E-state index contributed by atoms with van der Waals surface area (Å²) in [6, 6.07) is 17.0. The number of rotatable bonds is 10. The SMILES string of the molecule is CCCCC(CC)Nc1nccc(-c2c(-c3ccc(Cl)cc3)nn3c(NC4CCCC4)cccc23)n1. The number of benzene rings is 1. The van der Waals surface area contributed by atoms with E-state index in [2.05, 4.69) is 47.7 Å². The van der Waals surface area contributed by atoms with Crippen LogP contribution in [0.25, 0.3) is 28.0 Å². The molecule has 4 aromatic rings. The minimum atomic E-state index is 0.363. The Morgan fingerprint density at radius 2 is 1.86 bits per heavy atom. The van der Waals surface area contributed by atoms with E-state index >= 15 is 0 Å². The lowest BCUT2D eigenvalue weighted by Gasteiger charge is -2.17. The zero-order valence-electron chi connectivity index (χ0n) is 21.2. The standard InChI is InChI=1S/C29H35ClN6/c1-3-5-9-22(4-2)33-29-31-19-18-24(34-29)27-25-12-8-13-26(32-23-10-6-7-11-23)36(25)35-28(27)20-14-16-21(30)17-15-20/h8,12-19,22-23,32H,3-7,9-11H2,1-2H3,(H,31,33,34). The van der Waals surface area contributed by atoms with Crippen molar-refractivity contribution < 1.29 is 0 Å². The normalized spacial score (nSPS) is 14.9. The van der Waals surface area contributed by atoms with Crippen molar-refractivity contribution in [3.63, 3.8) is 0 Å². The molecule has 1 unspecified atom stereocenters. The lowest BCUT2D eigenvalue weighted by atomic mass is 10.0. The van der Waals surface area contributed by atoms with E-state index in [-0.39, 0.29) is 0 Å². The van der Waals surface area contributed by atoms with Crippen LogP contribution in [0.5, 0.6) is 0 Å². The number of hydrogen-bond acceptors (Lipinski definition) is 5. The molecular formula is C29H35ClN6. The molecular weight excluding hydrogens is 468 g/mol. The maximum atomic E-state index is 6.21. The largest absolute Gasteiger partial charge is 0.367 e. The van der Waals surface area contributed by atoms with Gasteiger partial charge in [-0.1, -0.05) is 69.3 Å². The summed E-state index contributed by atoms with van der Waals surface area (Å²) in [6.07, 6.45) is 11.3. The lowest BCUT2D eigenvalue weighted by molar-refractivity contribution is 0.589. The van der Waals surface area contributed by atoms with Crippen LogP contribution in [-0.2, 0) is 0 Å². The van der Waals surface area contributed by atoms with Gasteiger partial charge in [0.25, 0.3) is 0 Å². The molecule has 3 heterocycles. The van der Waals surface area contributed by atoms with Crippen LogP contribution in [0.4, 0.5) is 11.8 Å². The third kappa shape index (κ3) is 5.34. The Kier molecular flexibility index (Phi) is 7.71. The fourth-order valence-electron chi connectivity index (χ4n) is 5.10. The Bertz CT molecular complexity index is 1290. The molecule has 1 aromatic carbocycles. The van der Waals surface area contributed by atoms with Crippen LogP contribution in [0.15, 0.2) is 54.7 Å². The molecule has 1 atom stereocenters. The highest BCUT2D eigenvalue weighted by Crippen LogP contribution is 2.36. The van der Waals surface area contributed by atoms with Gasteiger partial charge in [-0.15, -0.1) is 0 Å². The summed E-state index contributed by atoms with van der Waals surface area (Å²) in [5.74, 6) is 1.68. The van der Waals surface area contributed by atoms with Crippen molar-refractivity contribution in [2.24, 2.45) is 0 Å². The first-order valence-corrected chi connectivity index (χ1v) is 13.7. The van der Waals surface area contributed by atoms with E-state index in [4.69, 9.17) is 21.7 Å². The van der Waals surface area contributed by atoms with E-state index in [9.17, 15) is 0 Å². The van der Waals surface area contributed by atoms with Crippen molar-refractivity contribution in [2.45, 2.75) is 77.3 Å². The predicted molar refractivity (Wildman–Crippen MR) is 150 cm³/mol. The van der Waals surface area contributed by atoms with Crippen LogP contribution >= 0.6 is 11.6 Å². The molecule has 7 heteroatoms. The molecule has 6 nitrogen and oxygen atoms in total. The Hall–Kier alpha value is -3.12. The van der Waals surface area contributed by atoms with Crippen molar-refractivity contribution in [2.75, 3.05) is 10.6 Å². The smallest absolute Gasteiger partial charge is 0.223 e. The Balaban J connectivity index is 1.59. The fourth-order valence-corrected chi connectivity index (χ4v) is 5.23. The van der Waals surface area contributed by atoms with Crippen LogP contribution in [0.1, 0.15) is 65.2 Å². The van der Waals surface area contributed by atoms with Crippen LogP contribution in [0, 0.1) is 0 Å². The summed E-state index contributed by atoms with van der Waals surface area (Å²) in [5.41, 5.74) is 4.77. The van der Waals surface area contributed by atoms with Crippen LogP contribution in [0.2, 0.25) is 5.02 Å². The number of nitrogens with one attached hydrogen (secondary N) is 2. The summed E-state index contributed by atoms with van der Waals surface area (Å²) in [4.78, 5) is 9.52. The van der Waals surface area contributed by atoms with Crippen molar-refractivity contribution in [3.8, 4) is 22.5 Å². The third-order valence-electron chi connectivity index (χ3n) is 7.13. The van der Waals surface area contributed by atoms with Gasteiger partial charge in [-0.25, -0.2) is 14.5 Å². The molecule has 36 heavy (non-hydrogen) atoms. The zero-order chi connectivity index (χ0) is 24.9. The average molecular weight is 503 g/mol. The van der Waals surface area contributed by atoms with Gasteiger partial charge >= 0.3 is 0 Å². The molecule has 1 saturated carbocycles. The third-order valence-corrected chi connectivity index (χ3v) is 7.38. The number of pyridine rings is 1. The summed E-state index contributed by atoms with van der Waals surface area (Å²) in [5, 5.41) is 13.1. The summed E-state index contributed by atoms with van der Waals surface area (Å²) < 4.78 is 2.03. The first kappa shape index (κ1) is 24.6. The van der Waals surface area contributed by atoms with E-state index in [1.807, 2.05) is 41.0 Å². The highest BCUT2D eigenvalue weighted by Gasteiger charge is 2.22. The highest BCUT2D eigenvalue weighted by atomic mass is 35.5. The van der Waals surface area contributed by atoms with Crippen LogP contribution in [0.3, 0.4) is 0 Å². The van der Waals surface area contributed by atoms with Crippen LogP contribution < -0.4 is 10.6 Å². The second kappa shape index (κ2) is 11.3. The van der Waals surface area contributed by atoms with Crippen molar-refractivity contribution in [3.05, 3.63) is 59.8 Å². The lowest BCUT2D eigenvalue weighted by Crippen LogP contribution is -2.20. The summed E-state index contributed by atoms with van der Waals surface area (Å²) >= 11 is 6.21. The van der Waals surface area contributed by atoms with Crippen molar-refractivity contribution in [1.82, 2.24) is 19.6 Å². The number of fused-ring (bicyclic) bond motifs is 1. The molecule has 1 aliphatic rings. The number of hydrogen-bond donors (Lipinski definition) is 2. The number of aromatic nitrogens is 4. The van der Waals surface area contributed by atoms with Crippen molar-refractivity contribution in [1.29, 1.82) is 0 Å². The van der Waals surface area contributed by atoms with E-state index in [0.29, 0.717) is 23.1 Å². The highest BCUT2D eigenvalue weighted by molar-refractivity contribution is 6.30. The van der Waals surface area contributed by atoms with Crippen LogP contribution in [-0.4, -0.2) is 31.7 Å². The molecule has 0 amide bonds. The molecule has 1 aliphatic carbocycles. The fraction of sp³-hybridized carbons (Fsp3) is 0.414. The minimum Gasteiger partial charge on any atom is -0.367 e. The number of halogens is 1. The molecule has 3 aromatic heterocycles. The van der Waals surface area contributed by atoms with Gasteiger partial charge in [0.2, 0.25) is 5.95 Å². The van der Waals surface area contributed by atoms with E-state index in [1.54, 1.807) is 0 Å². The van der Waals surface area contributed by atoms with Gasteiger partial charge in [0.15, 0.2) is 0 Å². The maximum Gasteiger partial charge on any atom is 0.223 e. The monoisotopic (exact) mass is 502 g/mol. The van der Waals surface area contributed by atoms with E-state index < -0.39 is 0 Å². The predicted octanol–water partition coefficient (Wildman–Crippen LogP) is 7.85. The van der Waals surface area contributed by atoms with E-state index in [0.717, 1.165) is 46.7 Å².